The highest BCUT2D eigenvalue weighted by Gasteiger charge is 2.17. The molecule has 0 amide bonds. The summed E-state index contributed by atoms with van der Waals surface area (Å²) in [6.45, 7) is 0. The van der Waals surface area contributed by atoms with Crippen molar-refractivity contribution in [2.24, 2.45) is 5.73 Å². The second-order valence-corrected chi connectivity index (χ2v) is 5.32. The molecule has 1 heterocycles. The number of fused-ring (bicyclic) bond motifs is 1. The number of halogens is 3. The Kier molecular flexibility index (Phi) is 3.42. The molecular formula is C15H10Cl2FNO. The van der Waals surface area contributed by atoms with E-state index >= 15 is 0 Å². The van der Waals surface area contributed by atoms with Crippen molar-refractivity contribution in [1.29, 1.82) is 0 Å². The van der Waals surface area contributed by atoms with E-state index in [-0.39, 0.29) is 5.82 Å². The van der Waals surface area contributed by atoms with Gasteiger partial charge in [0, 0.05) is 15.4 Å². The maximum atomic E-state index is 13.2. The lowest BCUT2D eigenvalue weighted by atomic mass is 10.1. The molecule has 20 heavy (non-hydrogen) atoms. The molecule has 0 aliphatic carbocycles. The average Bonchev–Trinajstić information content (AvgIpc) is 2.81. The van der Waals surface area contributed by atoms with E-state index in [1.54, 1.807) is 30.3 Å². The molecule has 102 valence electrons. The van der Waals surface area contributed by atoms with Crippen molar-refractivity contribution in [2.75, 3.05) is 0 Å². The Labute approximate surface area is 124 Å². The standard InChI is InChI=1S/C15H10Cl2FNO/c16-9-1-3-11(12(17)7-9)15(19)14-6-8-5-10(18)2-4-13(8)20-14/h1-7,15H,19H2. The van der Waals surface area contributed by atoms with Crippen LogP contribution < -0.4 is 5.73 Å². The first-order valence-electron chi connectivity index (χ1n) is 5.94. The van der Waals surface area contributed by atoms with Crippen LogP contribution in [0.25, 0.3) is 11.0 Å². The molecular weight excluding hydrogens is 300 g/mol. The topological polar surface area (TPSA) is 39.2 Å². The number of hydrogen-bond donors (Lipinski definition) is 1. The third-order valence-electron chi connectivity index (χ3n) is 3.10. The van der Waals surface area contributed by atoms with Crippen molar-refractivity contribution < 1.29 is 8.81 Å². The molecule has 3 rings (SSSR count). The minimum absolute atomic E-state index is 0.317. The molecule has 0 radical (unpaired) electrons. The molecule has 0 aliphatic rings. The van der Waals surface area contributed by atoms with Crippen LogP contribution in [0.5, 0.6) is 0 Å². The van der Waals surface area contributed by atoms with E-state index in [0.717, 1.165) is 0 Å². The fraction of sp³-hybridized carbons (Fsp3) is 0.0667. The largest absolute Gasteiger partial charge is 0.459 e. The SMILES string of the molecule is NC(c1cc2cc(F)ccc2o1)c1ccc(Cl)cc1Cl. The monoisotopic (exact) mass is 309 g/mol. The van der Waals surface area contributed by atoms with Crippen molar-refractivity contribution in [1.82, 2.24) is 0 Å². The molecule has 2 N–H and O–H groups in total. The van der Waals surface area contributed by atoms with Crippen LogP contribution in [-0.4, -0.2) is 0 Å². The molecule has 2 nitrogen and oxygen atoms in total. The van der Waals surface area contributed by atoms with E-state index < -0.39 is 6.04 Å². The molecule has 0 spiro atoms. The first-order valence-corrected chi connectivity index (χ1v) is 6.70. The lowest BCUT2D eigenvalue weighted by Gasteiger charge is -2.11. The Bertz CT molecular complexity index is 785. The van der Waals surface area contributed by atoms with Gasteiger partial charge in [0.25, 0.3) is 0 Å². The van der Waals surface area contributed by atoms with Gasteiger partial charge < -0.3 is 10.2 Å². The van der Waals surface area contributed by atoms with Gasteiger partial charge in [0.15, 0.2) is 0 Å². The Hall–Kier alpha value is -1.55. The van der Waals surface area contributed by atoms with Crippen molar-refractivity contribution in [3.63, 3.8) is 0 Å². The maximum absolute atomic E-state index is 13.2. The van der Waals surface area contributed by atoms with Gasteiger partial charge in [0.05, 0.1) is 6.04 Å². The first kappa shape index (κ1) is 13.4. The fourth-order valence-corrected chi connectivity index (χ4v) is 2.62. The number of benzene rings is 2. The molecule has 1 atom stereocenters. The van der Waals surface area contributed by atoms with E-state index in [1.165, 1.54) is 12.1 Å². The van der Waals surface area contributed by atoms with Gasteiger partial charge in [-0.05, 0) is 42.0 Å². The minimum Gasteiger partial charge on any atom is -0.459 e. The van der Waals surface area contributed by atoms with Crippen molar-refractivity contribution in [3.8, 4) is 0 Å². The average molecular weight is 310 g/mol. The van der Waals surface area contributed by atoms with Crippen LogP contribution in [0.3, 0.4) is 0 Å². The summed E-state index contributed by atoms with van der Waals surface area (Å²) in [7, 11) is 0. The fourth-order valence-electron chi connectivity index (χ4n) is 2.10. The predicted octanol–water partition coefficient (Wildman–Crippen LogP) is 4.93. The molecule has 1 unspecified atom stereocenters. The predicted molar refractivity (Wildman–Crippen MR) is 78.7 cm³/mol. The van der Waals surface area contributed by atoms with Crippen LogP contribution >= 0.6 is 23.2 Å². The molecule has 0 saturated carbocycles. The second-order valence-electron chi connectivity index (χ2n) is 4.47. The molecule has 0 saturated heterocycles. The summed E-state index contributed by atoms with van der Waals surface area (Å²) in [4.78, 5) is 0. The quantitative estimate of drug-likeness (QED) is 0.729. The van der Waals surface area contributed by atoms with Crippen LogP contribution in [0.4, 0.5) is 4.39 Å². The molecule has 1 aromatic heterocycles. The number of nitrogens with two attached hydrogens (primary N) is 1. The zero-order chi connectivity index (χ0) is 14.3. The third-order valence-corrected chi connectivity index (χ3v) is 3.66. The maximum Gasteiger partial charge on any atom is 0.134 e. The molecule has 0 bridgehead atoms. The summed E-state index contributed by atoms with van der Waals surface area (Å²) < 4.78 is 18.8. The van der Waals surface area contributed by atoms with Gasteiger partial charge in [-0.25, -0.2) is 4.39 Å². The van der Waals surface area contributed by atoms with E-state index in [4.69, 9.17) is 33.4 Å². The smallest absolute Gasteiger partial charge is 0.134 e. The zero-order valence-corrected chi connectivity index (χ0v) is 11.8. The highest BCUT2D eigenvalue weighted by atomic mass is 35.5. The van der Waals surface area contributed by atoms with E-state index in [2.05, 4.69) is 0 Å². The molecule has 3 aromatic rings. The van der Waals surface area contributed by atoms with Gasteiger partial charge in [0.2, 0.25) is 0 Å². The molecule has 0 fully saturated rings. The number of rotatable bonds is 2. The van der Waals surface area contributed by atoms with Gasteiger partial charge in [-0.1, -0.05) is 29.3 Å². The summed E-state index contributed by atoms with van der Waals surface area (Å²) in [6.07, 6.45) is 0. The van der Waals surface area contributed by atoms with Gasteiger partial charge in [-0.15, -0.1) is 0 Å². The Morgan fingerprint density at radius 2 is 1.85 bits per heavy atom. The second kappa shape index (κ2) is 5.09. The van der Waals surface area contributed by atoms with Gasteiger partial charge >= 0.3 is 0 Å². The minimum atomic E-state index is -0.532. The number of hydrogen-bond acceptors (Lipinski definition) is 2. The molecule has 0 aliphatic heterocycles. The normalized spacial score (nSPS) is 12.8. The Morgan fingerprint density at radius 1 is 1.05 bits per heavy atom. The summed E-state index contributed by atoms with van der Waals surface area (Å²) >= 11 is 12.0. The van der Waals surface area contributed by atoms with Crippen LogP contribution in [0, 0.1) is 5.82 Å². The number of furan rings is 1. The first-order chi connectivity index (χ1) is 9.54. The van der Waals surface area contributed by atoms with Gasteiger partial charge in [-0.2, -0.15) is 0 Å². The van der Waals surface area contributed by atoms with Crippen LogP contribution in [0.15, 0.2) is 46.9 Å². The lowest BCUT2D eigenvalue weighted by molar-refractivity contribution is 0.524. The van der Waals surface area contributed by atoms with Crippen LogP contribution in [0.1, 0.15) is 17.4 Å². The molecule has 5 heteroatoms. The van der Waals surface area contributed by atoms with E-state index in [1.807, 2.05) is 0 Å². The third kappa shape index (κ3) is 2.40. The van der Waals surface area contributed by atoms with Crippen molar-refractivity contribution in [2.45, 2.75) is 6.04 Å². The summed E-state index contributed by atoms with van der Waals surface area (Å²) in [5.74, 6) is 0.206. The highest BCUT2D eigenvalue weighted by Crippen LogP contribution is 2.32. The Morgan fingerprint density at radius 3 is 2.60 bits per heavy atom. The van der Waals surface area contributed by atoms with E-state index in [9.17, 15) is 4.39 Å². The highest BCUT2D eigenvalue weighted by molar-refractivity contribution is 6.35. The zero-order valence-electron chi connectivity index (χ0n) is 10.2. The van der Waals surface area contributed by atoms with Crippen molar-refractivity contribution >= 4 is 34.2 Å². The summed E-state index contributed by atoms with van der Waals surface area (Å²) in [6, 6.07) is 10.6. The van der Waals surface area contributed by atoms with Gasteiger partial charge in [0.1, 0.15) is 17.2 Å². The van der Waals surface area contributed by atoms with Crippen LogP contribution in [0.2, 0.25) is 10.0 Å². The molecule has 2 aromatic carbocycles. The van der Waals surface area contributed by atoms with Crippen LogP contribution in [-0.2, 0) is 0 Å². The van der Waals surface area contributed by atoms with Gasteiger partial charge in [-0.3, -0.25) is 0 Å². The van der Waals surface area contributed by atoms with Crippen molar-refractivity contribution in [3.05, 3.63) is 69.7 Å². The summed E-state index contributed by atoms with van der Waals surface area (Å²) in [5, 5.41) is 1.68. The summed E-state index contributed by atoms with van der Waals surface area (Å²) in [5.41, 5.74) is 7.44. The Balaban J connectivity index is 2.05. The van der Waals surface area contributed by atoms with E-state index in [0.29, 0.717) is 32.3 Å². The lowest BCUT2D eigenvalue weighted by Crippen LogP contribution is -2.11.